The highest BCUT2D eigenvalue weighted by Gasteiger charge is 2.75. The second-order valence-corrected chi connectivity index (χ2v) is 13.4. The number of benzene rings is 2. The molecule has 11 heteroatoms. The molecular formula is C36H40BrN3O7. The highest BCUT2D eigenvalue weighted by Crippen LogP contribution is 2.60. The number of allylic oxidation sites excluding steroid dienone is 1. The Morgan fingerprint density at radius 1 is 1.02 bits per heavy atom. The molecule has 5 bridgehead atoms. The number of halogens is 1. The Labute approximate surface area is 282 Å². The smallest absolute Gasteiger partial charge is 0.313 e. The van der Waals surface area contributed by atoms with Crippen LogP contribution in [0, 0.1) is 11.8 Å². The maximum atomic E-state index is 14.8. The Kier molecular flexibility index (Phi) is 9.96. The van der Waals surface area contributed by atoms with Crippen LogP contribution in [0.3, 0.4) is 0 Å². The van der Waals surface area contributed by atoms with E-state index in [9.17, 15) is 24.3 Å². The lowest BCUT2D eigenvalue weighted by Crippen LogP contribution is -2.57. The number of unbranched alkanes of at least 4 members (excludes halogenated alkanes) is 1. The molecule has 4 aliphatic rings. The molecule has 0 aliphatic carbocycles. The molecule has 3 amide bonds. The van der Waals surface area contributed by atoms with Crippen LogP contribution in [-0.4, -0.2) is 82.6 Å². The van der Waals surface area contributed by atoms with Crippen molar-refractivity contribution >= 4 is 39.6 Å². The number of likely N-dealkylation sites (tertiary alicyclic amines) is 1. The Morgan fingerprint density at radius 2 is 1.74 bits per heavy atom. The summed E-state index contributed by atoms with van der Waals surface area (Å²) in [6.07, 6.45) is 6.13. The average Bonchev–Trinajstić information content (AvgIpc) is 3.68. The molecule has 0 saturated carbocycles. The summed E-state index contributed by atoms with van der Waals surface area (Å²) in [5.41, 5.74) is -0.116. The first-order valence-electron chi connectivity index (χ1n) is 16.3. The molecule has 2 aromatic carbocycles. The third-order valence-electron chi connectivity index (χ3n) is 9.60. The third-order valence-corrected chi connectivity index (χ3v) is 10.3. The van der Waals surface area contributed by atoms with E-state index in [0.717, 1.165) is 12.8 Å². The summed E-state index contributed by atoms with van der Waals surface area (Å²) < 4.78 is 13.3. The fourth-order valence-corrected chi connectivity index (χ4v) is 8.06. The predicted octanol–water partition coefficient (Wildman–Crippen LogP) is 3.97. The summed E-state index contributed by atoms with van der Waals surface area (Å²) in [4.78, 5) is 59.8. The summed E-state index contributed by atoms with van der Waals surface area (Å²) in [5, 5.41) is 13.7. The van der Waals surface area contributed by atoms with Crippen LogP contribution in [0.1, 0.15) is 55.9 Å². The number of aliphatic hydroxyl groups excluding tert-OH is 1. The molecule has 7 atom stereocenters. The summed E-state index contributed by atoms with van der Waals surface area (Å²) >= 11 is 3.60. The minimum atomic E-state index is -1.47. The fraction of sp³-hybridized carbons (Fsp3) is 0.444. The van der Waals surface area contributed by atoms with Crippen LogP contribution in [0.15, 0.2) is 83.4 Å². The molecule has 4 aliphatic heterocycles. The SMILES string of the molecule is CCCCN1C/C=C\CCC(=O)NC[C@H](c2ccccc2)OC(=O)[C@H]2[C@@H]3O[C@@]4(C=C3Br)[C@@H]2C(=O)N([C@H](CO)c2ccccc2)[C@@H]4C1=O. The number of esters is 1. The van der Waals surface area contributed by atoms with E-state index < -0.39 is 60.2 Å². The van der Waals surface area contributed by atoms with E-state index in [2.05, 4.69) is 21.2 Å². The van der Waals surface area contributed by atoms with Gasteiger partial charge in [-0.1, -0.05) is 102 Å². The number of carbonyl (C=O) groups is 4. The molecule has 2 saturated heterocycles. The van der Waals surface area contributed by atoms with Crippen LogP contribution in [0.5, 0.6) is 0 Å². The van der Waals surface area contributed by atoms with Gasteiger partial charge in [-0.15, -0.1) is 0 Å². The molecule has 0 radical (unpaired) electrons. The summed E-state index contributed by atoms with van der Waals surface area (Å²) in [5.74, 6) is -3.78. The number of hydrogen-bond acceptors (Lipinski definition) is 7. The summed E-state index contributed by atoms with van der Waals surface area (Å²) in [7, 11) is 0. The van der Waals surface area contributed by atoms with E-state index in [0.29, 0.717) is 28.6 Å². The second kappa shape index (κ2) is 14.1. The Morgan fingerprint density at radius 3 is 2.45 bits per heavy atom. The lowest BCUT2D eigenvalue weighted by Gasteiger charge is -2.39. The van der Waals surface area contributed by atoms with Crippen LogP contribution in [-0.2, 0) is 28.7 Å². The van der Waals surface area contributed by atoms with Crippen molar-refractivity contribution in [1.82, 2.24) is 15.1 Å². The maximum Gasteiger partial charge on any atom is 0.313 e. The average molecular weight is 707 g/mol. The number of hydrogen-bond donors (Lipinski definition) is 2. The van der Waals surface area contributed by atoms with Gasteiger partial charge in [0.1, 0.15) is 29.8 Å². The minimum Gasteiger partial charge on any atom is -0.455 e. The lowest BCUT2D eigenvalue weighted by molar-refractivity contribution is -0.160. The number of nitrogens with zero attached hydrogens (tertiary/aromatic N) is 2. The van der Waals surface area contributed by atoms with Gasteiger partial charge in [0.25, 0.3) is 0 Å². The van der Waals surface area contributed by atoms with Crippen molar-refractivity contribution in [2.45, 2.75) is 62.5 Å². The van der Waals surface area contributed by atoms with E-state index in [-0.39, 0.29) is 31.3 Å². The molecule has 6 rings (SSSR count). The van der Waals surface area contributed by atoms with Gasteiger partial charge in [-0.2, -0.15) is 0 Å². The number of ether oxygens (including phenoxy) is 2. The molecular weight excluding hydrogens is 666 g/mol. The third kappa shape index (κ3) is 6.16. The molecule has 2 N–H and O–H groups in total. The van der Waals surface area contributed by atoms with Gasteiger partial charge in [-0.25, -0.2) is 0 Å². The van der Waals surface area contributed by atoms with Gasteiger partial charge in [-0.3, -0.25) is 19.2 Å². The van der Waals surface area contributed by atoms with Crippen molar-refractivity contribution in [2.75, 3.05) is 26.2 Å². The van der Waals surface area contributed by atoms with Gasteiger partial charge in [0.05, 0.1) is 25.1 Å². The zero-order valence-electron chi connectivity index (χ0n) is 26.3. The molecule has 2 fully saturated rings. The first kappa shape index (κ1) is 33.1. The lowest BCUT2D eigenvalue weighted by atomic mass is 9.74. The Hall–Kier alpha value is -3.80. The van der Waals surface area contributed by atoms with Crippen LogP contribution < -0.4 is 5.32 Å². The van der Waals surface area contributed by atoms with Gasteiger partial charge in [0, 0.05) is 24.0 Å². The van der Waals surface area contributed by atoms with E-state index in [4.69, 9.17) is 9.47 Å². The number of fused-ring (bicyclic) bond motifs is 2. The zero-order valence-corrected chi connectivity index (χ0v) is 27.9. The number of amides is 3. The number of cyclic esters (lactones) is 1. The standard InChI is InChI=1S/C36H40BrN3O7/c1-2-3-18-39-19-12-6-11-17-28(42)38-21-27(24-15-9-5-10-16-24)46-35(45)29-30-33(43)40(26(22-41)23-13-7-4-8-14-23)32(34(39)44)36(30)20-25(37)31(29)47-36/h4-10,12-16,20,26-27,29-32,41H,2-3,11,17-19,21-22H2,1H3,(H,38,42)/b12-6-/t26-,27-,29-,30+,31-,32-,36+/m1/s1. The second-order valence-electron chi connectivity index (χ2n) is 12.5. The molecule has 0 unspecified atom stereocenters. The summed E-state index contributed by atoms with van der Waals surface area (Å²) in [6, 6.07) is 16.2. The Bertz CT molecular complexity index is 1550. The van der Waals surface area contributed by atoms with Gasteiger partial charge in [0.15, 0.2) is 0 Å². The fourth-order valence-electron chi connectivity index (χ4n) is 7.33. The molecule has 10 nitrogen and oxygen atoms in total. The molecule has 248 valence electrons. The molecule has 0 aromatic heterocycles. The molecule has 47 heavy (non-hydrogen) atoms. The van der Waals surface area contributed by atoms with Gasteiger partial charge in [0.2, 0.25) is 17.7 Å². The molecule has 2 aromatic rings. The number of carbonyl (C=O) groups excluding carboxylic acids is 4. The van der Waals surface area contributed by atoms with Crippen molar-refractivity contribution in [2.24, 2.45) is 11.8 Å². The number of aliphatic hydroxyl groups is 1. The van der Waals surface area contributed by atoms with Crippen LogP contribution in [0.25, 0.3) is 0 Å². The first-order valence-corrected chi connectivity index (χ1v) is 17.1. The van der Waals surface area contributed by atoms with E-state index >= 15 is 0 Å². The molecule has 4 heterocycles. The van der Waals surface area contributed by atoms with Crippen molar-refractivity contribution < 1.29 is 33.8 Å². The number of nitrogens with one attached hydrogen (secondary N) is 1. The van der Waals surface area contributed by atoms with Gasteiger partial charge in [-0.05, 0) is 30.0 Å². The van der Waals surface area contributed by atoms with Crippen molar-refractivity contribution in [1.29, 1.82) is 0 Å². The van der Waals surface area contributed by atoms with E-state index in [1.807, 2.05) is 79.7 Å². The van der Waals surface area contributed by atoms with Crippen molar-refractivity contribution in [3.8, 4) is 0 Å². The quantitative estimate of drug-likeness (QED) is 0.330. The predicted molar refractivity (Wildman–Crippen MR) is 177 cm³/mol. The van der Waals surface area contributed by atoms with Crippen LogP contribution in [0.4, 0.5) is 0 Å². The van der Waals surface area contributed by atoms with Crippen LogP contribution in [0.2, 0.25) is 0 Å². The highest BCUT2D eigenvalue weighted by atomic mass is 79.9. The number of rotatable bonds is 7. The van der Waals surface area contributed by atoms with Crippen LogP contribution >= 0.6 is 15.9 Å². The minimum absolute atomic E-state index is 0.0515. The van der Waals surface area contributed by atoms with Crippen molar-refractivity contribution in [3.63, 3.8) is 0 Å². The van der Waals surface area contributed by atoms with E-state index in [1.54, 1.807) is 11.0 Å². The topological polar surface area (TPSA) is 125 Å². The van der Waals surface area contributed by atoms with Gasteiger partial charge >= 0.3 is 5.97 Å². The molecule has 1 spiro atoms. The Balaban J connectivity index is 1.47. The van der Waals surface area contributed by atoms with Crippen molar-refractivity contribution in [3.05, 3.63) is 94.5 Å². The maximum absolute atomic E-state index is 14.8. The van der Waals surface area contributed by atoms with E-state index in [1.165, 1.54) is 4.90 Å². The highest BCUT2D eigenvalue weighted by molar-refractivity contribution is 9.11. The monoisotopic (exact) mass is 705 g/mol. The largest absolute Gasteiger partial charge is 0.455 e. The first-order chi connectivity index (χ1) is 22.8. The summed E-state index contributed by atoms with van der Waals surface area (Å²) in [6.45, 7) is 2.36. The zero-order chi connectivity index (χ0) is 33.1. The van der Waals surface area contributed by atoms with Gasteiger partial charge < -0.3 is 29.7 Å². The normalized spacial score (nSPS) is 30.9.